The van der Waals surface area contributed by atoms with E-state index >= 15 is 0 Å². The van der Waals surface area contributed by atoms with Gasteiger partial charge in [0.15, 0.2) is 0 Å². The van der Waals surface area contributed by atoms with Crippen molar-refractivity contribution < 1.29 is 22.8 Å². The maximum absolute atomic E-state index is 14.2. The molecule has 3 heterocycles. The van der Waals surface area contributed by atoms with Crippen LogP contribution in [0.5, 0.6) is 0 Å². The summed E-state index contributed by atoms with van der Waals surface area (Å²) in [6, 6.07) is 6.53. The van der Waals surface area contributed by atoms with E-state index in [0.717, 1.165) is 12.5 Å². The molecule has 0 aliphatic carbocycles. The summed E-state index contributed by atoms with van der Waals surface area (Å²) in [5.74, 6) is -0.680. The van der Waals surface area contributed by atoms with E-state index in [4.69, 9.17) is 0 Å². The molecule has 1 aliphatic heterocycles. The van der Waals surface area contributed by atoms with Gasteiger partial charge in [0.25, 0.3) is 5.91 Å². The quantitative estimate of drug-likeness (QED) is 0.444. The summed E-state index contributed by atoms with van der Waals surface area (Å²) in [5.41, 5.74) is 0.802. The third-order valence-electron chi connectivity index (χ3n) is 6.64. The van der Waals surface area contributed by atoms with Gasteiger partial charge in [-0.2, -0.15) is 13.2 Å². The molecule has 1 atom stereocenters. The Labute approximate surface area is 225 Å². The summed E-state index contributed by atoms with van der Waals surface area (Å²) in [6.45, 7) is 4.81. The summed E-state index contributed by atoms with van der Waals surface area (Å²) in [7, 11) is 3.78. The van der Waals surface area contributed by atoms with Crippen LogP contribution >= 0.6 is 0 Å². The molecule has 2 aromatic heterocycles. The number of para-hydroxylation sites is 1. The van der Waals surface area contributed by atoms with Crippen LogP contribution in [-0.4, -0.2) is 69.9 Å². The number of rotatable bonds is 6. The average Bonchev–Trinajstić information content (AvgIpc) is 3.02. The molecule has 1 N–H and O–H groups in total. The predicted octanol–water partition coefficient (Wildman–Crippen LogP) is 4.99. The Morgan fingerprint density at radius 2 is 1.85 bits per heavy atom. The number of aryl methyl sites for hydroxylation is 2. The molecule has 1 saturated heterocycles. The fourth-order valence-corrected chi connectivity index (χ4v) is 4.96. The van der Waals surface area contributed by atoms with Gasteiger partial charge in [0.05, 0.1) is 22.6 Å². The van der Waals surface area contributed by atoms with Crippen LogP contribution < -0.4 is 5.32 Å². The van der Waals surface area contributed by atoms with E-state index in [-0.39, 0.29) is 29.4 Å². The number of nitrogens with one attached hydrogen (secondary N) is 1. The number of carbonyl (C=O) groups is 2. The number of aromatic nitrogens is 3. The van der Waals surface area contributed by atoms with Crippen molar-refractivity contribution in [1.82, 2.24) is 24.3 Å². The lowest BCUT2D eigenvalue weighted by molar-refractivity contribution is -0.136. The number of hydrogen-bond donors (Lipinski definition) is 1. The van der Waals surface area contributed by atoms with Crippen molar-refractivity contribution in [3.05, 3.63) is 65.0 Å². The minimum Gasteiger partial charge on any atom is -0.337 e. The number of fused-ring (bicyclic) bond motifs is 1. The first-order valence-electron chi connectivity index (χ1n) is 12.9. The van der Waals surface area contributed by atoms with Crippen LogP contribution in [0.15, 0.2) is 42.5 Å². The fraction of sp³-hybridized carbons (Fsp3) is 0.429. The van der Waals surface area contributed by atoms with Crippen molar-refractivity contribution in [3.8, 4) is 0 Å². The molecule has 0 spiro atoms. The van der Waals surface area contributed by atoms with Crippen LogP contribution in [0.25, 0.3) is 11.0 Å². The highest BCUT2D eigenvalue weighted by atomic mass is 19.4. The standard InChI is InChI=1S/C28H33F3N6O2/c1-18-15-20(16-19(2)32-18)26(39)34-27-33-23-11-7-10-22(28(29,30)31)25(23)37(27)21-9-5-6-14-36(17-21)24(38)12-8-13-35(3)4/h7-8,10-12,15-16,21H,5-6,9,13-14,17H2,1-4H3,(H,33,34,39)/t21-/m1/s1. The van der Waals surface area contributed by atoms with E-state index in [2.05, 4.69) is 15.3 Å². The molecule has 0 radical (unpaired) electrons. The predicted molar refractivity (Wildman–Crippen MR) is 144 cm³/mol. The summed E-state index contributed by atoms with van der Waals surface area (Å²) >= 11 is 0. The minimum absolute atomic E-state index is 0.0151. The Balaban J connectivity index is 1.78. The molecule has 39 heavy (non-hydrogen) atoms. The molecule has 0 bridgehead atoms. The number of amides is 2. The number of halogens is 3. The van der Waals surface area contributed by atoms with Crippen molar-refractivity contribution in [3.63, 3.8) is 0 Å². The molecule has 4 rings (SSSR count). The first kappa shape index (κ1) is 28.3. The molecule has 1 aromatic carbocycles. The van der Waals surface area contributed by atoms with Crippen LogP contribution in [0, 0.1) is 13.8 Å². The Bertz CT molecular complexity index is 1380. The number of likely N-dealkylation sites (tertiary alicyclic amines) is 1. The van der Waals surface area contributed by atoms with Crippen LogP contribution in [0.1, 0.15) is 52.6 Å². The van der Waals surface area contributed by atoms with E-state index in [1.165, 1.54) is 22.8 Å². The molecule has 1 fully saturated rings. The fourth-order valence-electron chi connectivity index (χ4n) is 4.96. The third kappa shape index (κ3) is 6.65. The van der Waals surface area contributed by atoms with Gasteiger partial charge < -0.3 is 14.4 Å². The molecule has 208 valence electrons. The van der Waals surface area contributed by atoms with Gasteiger partial charge in [0.1, 0.15) is 0 Å². The smallest absolute Gasteiger partial charge is 0.337 e. The summed E-state index contributed by atoms with van der Waals surface area (Å²) in [6.07, 6.45) is 0.596. The maximum atomic E-state index is 14.2. The lowest BCUT2D eigenvalue weighted by atomic mass is 10.1. The zero-order valence-corrected chi connectivity index (χ0v) is 22.5. The van der Waals surface area contributed by atoms with Gasteiger partial charge in [-0.05, 0) is 71.5 Å². The van der Waals surface area contributed by atoms with E-state index < -0.39 is 23.7 Å². The van der Waals surface area contributed by atoms with Crippen molar-refractivity contribution in [2.24, 2.45) is 0 Å². The summed E-state index contributed by atoms with van der Waals surface area (Å²) < 4.78 is 44.0. The number of imidazole rings is 1. The summed E-state index contributed by atoms with van der Waals surface area (Å²) in [5, 5.41) is 2.75. The van der Waals surface area contributed by atoms with Gasteiger partial charge in [-0.3, -0.25) is 19.9 Å². The third-order valence-corrected chi connectivity index (χ3v) is 6.64. The van der Waals surface area contributed by atoms with Crippen molar-refractivity contribution >= 4 is 28.8 Å². The molecule has 8 nitrogen and oxygen atoms in total. The minimum atomic E-state index is -4.63. The van der Waals surface area contributed by atoms with Crippen LogP contribution in [0.3, 0.4) is 0 Å². The van der Waals surface area contributed by atoms with Crippen molar-refractivity contribution in [1.29, 1.82) is 0 Å². The molecule has 0 saturated carbocycles. The first-order valence-corrected chi connectivity index (χ1v) is 12.9. The highest BCUT2D eigenvalue weighted by molar-refractivity contribution is 6.04. The van der Waals surface area contributed by atoms with Gasteiger partial charge in [-0.25, -0.2) is 4.98 Å². The largest absolute Gasteiger partial charge is 0.418 e. The number of benzene rings is 1. The number of hydrogen-bond acceptors (Lipinski definition) is 5. The molecule has 2 amide bonds. The average molecular weight is 543 g/mol. The maximum Gasteiger partial charge on any atom is 0.418 e. The van der Waals surface area contributed by atoms with Gasteiger partial charge in [0.2, 0.25) is 11.9 Å². The first-order chi connectivity index (χ1) is 18.4. The Hall–Kier alpha value is -3.73. The van der Waals surface area contributed by atoms with Gasteiger partial charge in [0, 0.05) is 42.7 Å². The molecule has 1 aliphatic rings. The summed E-state index contributed by atoms with van der Waals surface area (Å²) in [4.78, 5) is 38.5. The van der Waals surface area contributed by atoms with Crippen LogP contribution in [0.2, 0.25) is 0 Å². The van der Waals surface area contributed by atoms with Gasteiger partial charge >= 0.3 is 6.18 Å². The normalized spacial score (nSPS) is 16.7. The second-order valence-electron chi connectivity index (χ2n) is 10.2. The SMILES string of the molecule is Cc1cc(C(=O)Nc2nc3cccc(C(F)(F)F)c3n2[C@@H]2CCCCN(C(=O)C=CCN(C)C)C2)cc(C)n1. The molecule has 0 unspecified atom stereocenters. The zero-order chi connectivity index (χ0) is 28.3. The van der Waals surface area contributed by atoms with Gasteiger partial charge in [-0.1, -0.05) is 12.1 Å². The van der Waals surface area contributed by atoms with Crippen molar-refractivity contribution in [2.75, 3.05) is 39.0 Å². The number of anilines is 1. The zero-order valence-electron chi connectivity index (χ0n) is 22.5. The topological polar surface area (TPSA) is 83.4 Å². The monoisotopic (exact) mass is 542 g/mol. The lowest BCUT2D eigenvalue weighted by Crippen LogP contribution is -2.35. The van der Waals surface area contributed by atoms with E-state index in [1.54, 1.807) is 37.0 Å². The number of nitrogens with zero attached hydrogens (tertiary/aromatic N) is 5. The van der Waals surface area contributed by atoms with E-state index in [9.17, 15) is 22.8 Å². The number of carbonyl (C=O) groups excluding carboxylic acids is 2. The lowest BCUT2D eigenvalue weighted by Gasteiger charge is -2.27. The molecular weight excluding hydrogens is 509 g/mol. The van der Waals surface area contributed by atoms with Gasteiger partial charge in [-0.15, -0.1) is 0 Å². The van der Waals surface area contributed by atoms with E-state index in [0.29, 0.717) is 42.9 Å². The molecule has 11 heteroatoms. The number of alkyl halides is 3. The number of likely N-dealkylation sites (N-methyl/N-ethyl adjacent to an activating group) is 1. The van der Waals surface area contributed by atoms with Crippen LogP contribution in [-0.2, 0) is 11.0 Å². The van der Waals surface area contributed by atoms with Crippen molar-refractivity contribution in [2.45, 2.75) is 45.3 Å². The Morgan fingerprint density at radius 3 is 2.51 bits per heavy atom. The highest BCUT2D eigenvalue weighted by Gasteiger charge is 2.36. The Kier molecular flexibility index (Phi) is 8.39. The van der Waals surface area contributed by atoms with E-state index in [1.807, 2.05) is 19.0 Å². The number of pyridine rings is 1. The highest BCUT2D eigenvalue weighted by Crippen LogP contribution is 2.39. The molecule has 3 aromatic rings. The Morgan fingerprint density at radius 1 is 1.13 bits per heavy atom. The van der Waals surface area contributed by atoms with Crippen LogP contribution in [0.4, 0.5) is 19.1 Å². The second kappa shape index (κ2) is 11.6. The molecular formula is C28H33F3N6O2. The second-order valence-corrected chi connectivity index (χ2v) is 10.2.